The van der Waals surface area contributed by atoms with E-state index in [0.717, 1.165) is 37.8 Å². The molecule has 0 atom stereocenters. The maximum Gasteiger partial charge on any atom is 0.416 e. The third-order valence-electron chi connectivity index (χ3n) is 3.65. The molecule has 3 nitrogen and oxygen atoms in total. The molecule has 1 saturated carbocycles. The molecule has 21 heavy (non-hydrogen) atoms. The lowest BCUT2D eigenvalue weighted by Gasteiger charge is -2.22. The molecule has 1 aliphatic carbocycles. The van der Waals surface area contributed by atoms with Gasteiger partial charge in [0.2, 0.25) is 0 Å². The molecule has 1 aliphatic rings. The van der Waals surface area contributed by atoms with Gasteiger partial charge in [-0.2, -0.15) is 13.2 Å². The van der Waals surface area contributed by atoms with Gasteiger partial charge in [0.1, 0.15) is 0 Å². The number of benzene rings is 1. The van der Waals surface area contributed by atoms with Crippen LogP contribution in [0.15, 0.2) is 24.3 Å². The Kier molecular flexibility index (Phi) is 5.09. The summed E-state index contributed by atoms with van der Waals surface area (Å²) < 4.78 is 37.7. The predicted molar refractivity (Wildman–Crippen MR) is 73.7 cm³/mol. The highest BCUT2D eigenvalue weighted by Gasteiger charge is 2.30. The minimum absolute atomic E-state index is 0.0858. The first kappa shape index (κ1) is 15.7. The van der Waals surface area contributed by atoms with E-state index in [1.165, 1.54) is 12.5 Å². The van der Waals surface area contributed by atoms with Crippen molar-refractivity contribution in [2.24, 2.45) is 0 Å². The molecule has 1 aromatic carbocycles. The molecule has 0 aliphatic heterocycles. The van der Waals surface area contributed by atoms with Gasteiger partial charge in [-0.3, -0.25) is 0 Å². The highest BCUT2D eigenvalue weighted by molar-refractivity contribution is 5.74. The average molecular weight is 300 g/mol. The molecule has 0 radical (unpaired) electrons. The second kappa shape index (κ2) is 6.83. The maximum absolute atomic E-state index is 12.6. The number of halogens is 3. The minimum atomic E-state index is -4.36. The van der Waals surface area contributed by atoms with Crippen molar-refractivity contribution in [3.05, 3.63) is 35.4 Å². The number of carbonyl (C=O) groups is 1. The summed E-state index contributed by atoms with van der Waals surface area (Å²) in [6, 6.07) is 4.85. The van der Waals surface area contributed by atoms with Crippen LogP contribution < -0.4 is 10.6 Å². The van der Waals surface area contributed by atoms with Gasteiger partial charge in [0, 0.05) is 12.6 Å². The quantitative estimate of drug-likeness (QED) is 0.875. The van der Waals surface area contributed by atoms with Crippen LogP contribution in [0.25, 0.3) is 0 Å². The number of amides is 2. The second-order valence-corrected chi connectivity index (χ2v) is 5.36. The van der Waals surface area contributed by atoms with Crippen LogP contribution in [0.5, 0.6) is 0 Å². The van der Waals surface area contributed by atoms with E-state index in [1.807, 2.05) is 0 Å². The van der Waals surface area contributed by atoms with E-state index in [1.54, 1.807) is 6.07 Å². The van der Waals surface area contributed by atoms with Gasteiger partial charge in [-0.25, -0.2) is 4.79 Å². The average Bonchev–Trinajstić information content (AvgIpc) is 2.46. The molecular formula is C15H19F3N2O. The molecule has 116 valence electrons. The Hall–Kier alpha value is -1.72. The van der Waals surface area contributed by atoms with Crippen LogP contribution in [-0.2, 0) is 12.7 Å². The Morgan fingerprint density at radius 2 is 1.90 bits per heavy atom. The minimum Gasteiger partial charge on any atom is -0.335 e. The standard InChI is InChI=1S/C15H19F3N2O/c16-15(17,18)12-6-4-5-11(9-12)10-19-14(21)20-13-7-2-1-3-8-13/h4-6,9,13H,1-3,7-8,10H2,(H2,19,20,21). The zero-order valence-corrected chi connectivity index (χ0v) is 11.7. The lowest BCUT2D eigenvalue weighted by molar-refractivity contribution is -0.137. The second-order valence-electron chi connectivity index (χ2n) is 5.36. The normalized spacial score (nSPS) is 16.5. The van der Waals surface area contributed by atoms with Crippen LogP contribution in [-0.4, -0.2) is 12.1 Å². The van der Waals surface area contributed by atoms with E-state index in [0.29, 0.717) is 5.56 Å². The van der Waals surface area contributed by atoms with Crippen molar-refractivity contribution >= 4 is 6.03 Å². The van der Waals surface area contributed by atoms with E-state index in [2.05, 4.69) is 10.6 Å². The van der Waals surface area contributed by atoms with Crippen LogP contribution in [0, 0.1) is 0 Å². The van der Waals surface area contributed by atoms with E-state index < -0.39 is 11.7 Å². The van der Waals surface area contributed by atoms with Crippen molar-refractivity contribution in [3.8, 4) is 0 Å². The molecule has 0 heterocycles. The van der Waals surface area contributed by atoms with Gasteiger partial charge in [-0.15, -0.1) is 0 Å². The Bertz CT molecular complexity index is 482. The summed E-state index contributed by atoms with van der Waals surface area (Å²) in [7, 11) is 0. The molecule has 0 aromatic heterocycles. The van der Waals surface area contributed by atoms with Gasteiger partial charge in [0.15, 0.2) is 0 Å². The summed E-state index contributed by atoms with van der Waals surface area (Å²) in [4.78, 5) is 11.7. The van der Waals surface area contributed by atoms with Gasteiger partial charge in [-0.1, -0.05) is 31.4 Å². The molecule has 6 heteroatoms. The lowest BCUT2D eigenvalue weighted by atomic mass is 9.96. The maximum atomic E-state index is 12.6. The van der Waals surface area contributed by atoms with Gasteiger partial charge < -0.3 is 10.6 Å². The third kappa shape index (κ3) is 4.95. The molecule has 1 fully saturated rings. The van der Waals surface area contributed by atoms with Crippen molar-refractivity contribution in [1.82, 2.24) is 10.6 Å². The highest BCUT2D eigenvalue weighted by Crippen LogP contribution is 2.29. The van der Waals surface area contributed by atoms with Crippen molar-refractivity contribution in [2.75, 3.05) is 0 Å². The van der Waals surface area contributed by atoms with Crippen LogP contribution in [0.3, 0.4) is 0 Å². The molecule has 1 aromatic rings. The number of urea groups is 1. The van der Waals surface area contributed by atoms with Gasteiger partial charge in [0.05, 0.1) is 5.56 Å². The summed E-state index contributed by atoms with van der Waals surface area (Å²) in [6.45, 7) is 0.0858. The molecule has 0 spiro atoms. The molecular weight excluding hydrogens is 281 g/mol. The third-order valence-corrected chi connectivity index (χ3v) is 3.65. The van der Waals surface area contributed by atoms with Crippen molar-refractivity contribution < 1.29 is 18.0 Å². The Balaban J connectivity index is 1.83. The molecule has 0 saturated heterocycles. The fourth-order valence-corrected chi connectivity index (χ4v) is 2.52. The molecule has 2 rings (SSSR count). The zero-order valence-electron chi connectivity index (χ0n) is 11.7. The van der Waals surface area contributed by atoms with E-state index in [4.69, 9.17) is 0 Å². The van der Waals surface area contributed by atoms with Gasteiger partial charge in [-0.05, 0) is 30.5 Å². The molecule has 0 unspecified atom stereocenters. The summed E-state index contributed by atoms with van der Waals surface area (Å²) in [5.74, 6) is 0. The monoisotopic (exact) mass is 300 g/mol. The number of hydrogen-bond acceptors (Lipinski definition) is 1. The topological polar surface area (TPSA) is 41.1 Å². The first-order chi connectivity index (χ1) is 9.95. The fourth-order valence-electron chi connectivity index (χ4n) is 2.52. The molecule has 2 amide bonds. The number of rotatable bonds is 3. The predicted octanol–water partition coefficient (Wildman–Crippen LogP) is 3.84. The van der Waals surface area contributed by atoms with Crippen LogP contribution >= 0.6 is 0 Å². The first-order valence-electron chi connectivity index (χ1n) is 7.15. The van der Waals surface area contributed by atoms with E-state index in [-0.39, 0.29) is 18.6 Å². The Labute approximate surface area is 121 Å². The molecule has 2 N–H and O–H groups in total. The summed E-state index contributed by atoms with van der Waals surface area (Å²) in [5, 5.41) is 5.47. The summed E-state index contributed by atoms with van der Waals surface area (Å²) in [6.07, 6.45) is 0.996. The Morgan fingerprint density at radius 3 is 2.57 bits per heavy atom. The summed E-state index contributed by atoms with van der Waals surface area (Å²) >= 11 is 0. The lowest BCUT2D eigenvalue weighted by Crippen LogP contribution is -2.42. The smallest absolute Gasteiger partial charge is 0.335 e. The van der Waals surface area contributed by atoms with Crippen molar-refractivity contribution in [3.63, 3.8) is 0 Å². The van der Waals surface area contributed by atoms with E-state index in [9.17, 15) is 18.0 Å². The number of carbonyl (C=O) groups excluding carboxylic acids is 1. The Morgan fingerprint density at radius 1 is 1.19 bits per heavy atom. The highest BCUT2D eigenvalue weighted by atomic mass is 19.4. The van der Waals surface area contributed by atoms with Gasteiger partial charge in [0.25, 0.3) is 0 Å². The van der Waals surface area contributed by atoms with Crippen LogP contribution in [0.4, 0.5) is 18.0 Å². The molecule has 0 bridgehead atoms. The fraction of sp³-hybridized carbons (Fsp3) is 0.533. The van der Waals surface area contributed by atoms with Crippen LogP contribution in [0.1, 0.15) is 43.2 Å². The van der Waals surface area contributed by atoms with Crippen molar-refractivity contribution in [1.29, 1.82) is 0 Å². The summed E-state index contributed by atoms with van der Waals surface area (Å²) in [5.41, 5.74) is -0.266. The van der Waals surface area contributed by atoms with E-state index >= 15 is 0 Å². The SMILES string of the molecule is O=C(NCc1cccc(C(F)(F)F)c1)NC1CCCCC1. The number of alkyl halides is 3. The zero-order chi connectivity index (χ0) is 15.3. The van der Waals surface area contributed by atoms with Crippen LogP contribution in [0.2, 0.25) is 0 Å². The van der Waals surface area contributed by atoms with Gasteiger partial charge >= 0.3 is 12.2 Å². The van der Waals surface area contributed by atoms with Crippen molar-refractivity contribution in [2.45, 2.75) is 50.9 Å². The number of hydrogen-bond donors (Lipinski definition) is 2. The number of nitrogens with one attached hydrogen (secondary N) is 2. The first-order valence-corrected chi connectivity index (χ1v) is 7.15. The largest absolute Gasteiger partial charge is 0.416 e.